The Morgan fingerprint density at radius 2 is 1.93 bits per heavy atom. The van der Waals surface area contributed by atoms with Crippen molar-refractivity contribution in [3.63, 3.8) is 0 Å². The highest BCUT2D eigenvalue weighted by molar-refractivity contribution is 7.89. The Morgan fingerprint density at radius 3 is 2.50 bits per heavy atom. The summed E-state index contributed by atoms with van der Waals surface area (Å²) in [7, 11) is -3.61. The molecule has 1 rings (SSSR count). The van der Waals surface area contributed by atoms with Gasteiger partial charge in [0.05, 0.1) is 5.75 Å². The average Bonchev–Trinajstić information content (AvgIpc) is 2.61. The summed E-state index contributed by atoms with van der Waals surface area (Å²) in [5.74, 6) is 0.0121. The summed E-state index contributed by atoms with van der Waals surface area (Å²) in [6.07, 6.45) is 1.80. The van der Waals surface area contributed by atoms with Crippen LogP contribution in [0.2, 0.25) is 0 Å². The maximum absolute atomic E-state index is 12.3. The third-order valence-corrected chi connectivity index (χ3v) is 5.34. The minimum absolute atomic E-state index is 0.0769. The summed E-state index contributed by atoms with van der Waals surface area (Å²) in [5.41, 5.74) is -1.01. The lowest BCUT2D eigenvalue weighted by Gasteiger charge is -2.28. The van der Waals surface area contributed by atoms with E-state index in [9.17, 15) is 22.3 Å². The maximum Gasteiger partial charge on any atom is 0.272 e. The van der Waals surface area contributed by atoms with E-state index in [2.05, 4.69) is 25.5 Å². The third kappa shape index (κ3) is 9.12. The first kappa shape index (κ1) is 24.5. The Labute approximate surface area is 166 Å². The molecule has 0 aliphatic heterocycles. The van der Waals surface area contributed by atoms with E-state index in [1.54, 1.807) is 25.1 Å². The van der Waals surface area contributed by atoms with Crippen LogP contribution in [0, 0.1) is 5.41 Å². The minimum Gasteiger partial charge on any atom is -0.488 e. The number of nitrogens with one attached hydrogen (secondary N) is 1. The van der Waals surface area contributed by atoms with E-state index in [1.807, 2.05) is 6.08 Å². The Kier molecular flexibility index (Phi) is 9.04. The zero-order chi connectivity index (χ0) is 21.4. The van der Waals surface area contributed by atoms with Crippen LogP contribution in [0.1, 0.15) is 46.1 Å². The fourth-order valence-corrected chi connectivity index (χ4v) is 3.35. The molecule has 28 heavy (non-hydrogen) atoms. The van der Waals surface area contributed by atoms with Crippen LogP contribution in [0.4, 0.5) is 8.78 Å². The second-order valence-electron chi connectivity index (χ2n) is 7.95. The lowest BCUT2D eigenvalue weighted by Crippen LogP contribution is -2.41. The molecule has 0 amide bonds. The number of benzene rings is 1. The summed E-state index contributed by atoms with van der Waals surface area (Å²) in [6, 6.07) is 6.13. The summed E-state index contributed by atoms with van der Waals surface area (Å²) < 4.78 is 56.4. The highest BCUT2D eigenvalue weighted by atomic mass is 32.2. The molecule has 0 aromatic heterocycles. The molecular weight excluding hydrogens is 388 g/mol. The zero-order valence-electron chi connectivity index (χ0n) is 16.9. The van der Waals surface area contributed by atoms with Gasteiger partial charge in [0.25, 0.3) is 6.43 Å². The van der Waals surface area contributed by atoms with Gasteiger partial charge in [0.2, 0.25) is 10.0 Å². The van der Waals surface area contributed by atoms with E-state index >= 15 is 0 Å². The molecule has 160 valence electrons. The van der Waals surface area contributed by atoms with Crippen molar-refractivity contribution in [2.45, 2.75) is 52.6 Å². The van der Waals surface area contributed by atoms with E-state index in [0.717, 1.165) is 6.42 Å². The largest absolute Gasteiger partial charge is 0.488 e. The summed E-state index contributed by atoms with van der Waals surface area (Å²) in [4.78, 5) is 0. The van der Waals surface area contributed by atoms with Gasteiger partial charge < -0.3 is 9.84 Å². The van der Waals surface area contributed by atoms with Crippen molar-refractivity contribution in [3.05, 3.63) is 42.0 Å². The number of hydrogen-bond acceptors (Lipinski definition) is 4. The van der Waals surface area contributed by atoms with Crippen LogP contribution in [-0.4, -0.2) is 38.9 Å². The van der Waals surface area contributed by atoms with Crippen LogP contribution in [0.15, 0.2) is 36.4 Å². The van der Waals surface area contributed by atoms with E-state index in [4.69, 9.17) is 4.74 Å². The SMILES string of the molecule is CC[C@@](O)(CNS(=O)(=O)C/C=C/CC(C)(C)C)c1cccc(OCC(F)F)c1. The molecule has 0 unspecified atom stereocenters. The third-order valence-electron chi connectivity index (χ3n) is 4.13. The van der Waals surface area contributed by atoms with Gasteiger partial charge in [-0.15, -0.1) is 0 Å². The first-order chi connectivity index (χ1) is 12.9. The number of halogens is 2. The standard InChI is InChI=1S/C20H31F2NO4S/c1-5-20(24,16-9-8-10-17(13-16)27-14-18(21)22)15-23-28(25,26)12-7-6-11-19(2,3)4/h6-10,13,18,23-24H,5,11-12,14-15H2,1-4H3/b7-6+/t20-/m1/s1. The Bertz CT molecular complexity index is 745. The van der Waals surface area contributed by atoms with Crippen LogP contribution >= 0.6 is 0 Å². The minimum atomic E-state index is -3.61. The second kappa shape index (κ2) is 10.3. The first-order valence-electron chi connectivity index (χ1n) is 9.23. The summed E-state index contributed by atoms with van der Waals surface area (Å²) in [6.45, 7) is 6.92. The van der Waals surface area contributed by atoms with Gasteiger partial charge in [-0.3, -0.25) is 0 Å². The Balaban J connectivity index is 2.77. The van der Waals surface area contributed by atoms with Crippen molar-refractivity contribution in [3.8, 4) is 5.75 Å². The molecule has 1 atom stereocenters. The number of ether oxygens (including phenoxy) is 1. The molecule has 0 aliphatic carbocycles. The zero-order valence-corrected chi connectivity index (χ0v) is 17.7. The highest BCUT2D eigenvalue weighted by Gasteiger charge is 2.29. The van der Waals surface area contributed by atoms with E-state index in [1.165, 1.54) is 12.1 Å². The van der Waals surface area contributed by atoms with Gasteiger partial charge >= 0.3 is 0 Å². The molecule has 0 spiro atoms. The predicted molar refractivity (Wildman–Crippen MR) is 107 cm³/mol. The van der Waals surface area contributed by atoms with Gasteiger partial charge in [0.15, 0.2) is 0 Å². The molecule has 2 N–H and O–H groups in total. The maximum atomic E-state index is 12.3. The molecule has 0 aliphatic rings. The Hall–Kier alpha value is -1.51. The normalized spacial score (nSPS) is 15.1. The number of aliphatic hydroxyl groups is 1. The number of rotatable bonds is 11. The molecule has 0 saturated heterocycles. The second-order valence-corrected chi connectivity index (χ2v) is 9.81. The van der Waals surface area contributed by atoms with Crippen molar-refractivity contribution in [2.24, 2.45) is 5.41 Å². The van der Waals surface area contributed by atoms with Gasteiger partial charge in [-0.25, -0.2) is 21.9 Å². The molecule has 0 heterocycles. The quantitative estimate of drug-likeness (QED) is 0.535. The van der Waals surface area contributed by atoms with Crippen molar-refractivity contribution in [2.75, 3.05) is 18.9 Å². The number of sulfonamides is 1. The molecule has 0 saturated carbocycles. The predicted octanol–water partition coefficient (Wildman–Crippen LogP) is 3.84. The van der Waals surface area contributed by atoms with Crippen LogP contribution in [0.3, 0.4) is 0 Å². The van der Waals surface area contributed by atoms with Gasteiger partial charge in [-0.2, -0.15) is 0 Å². The van der Waals surface area contributed by atoms with Gasteiger partial charge in [-0.05, 0) is 36.0 Å². The molecule has 0 bridgehead atoms. The monoisotopic (exact) mass is 419 g/mol. The topological polar surface area (TPSA) is 75.6 Å². The van der Waals surface area contributed by atoms with Crippen molar-refractivity contribution < 1.29 is 27.0 Å². The molecule has 8 heteroatoms. The molecule has 0 radical (unpaired) electrons. The van der Waals surface area contributed by atoms with Crippen molar-refractivity contribution in [1.82, 2.24) is 4.72 Å². The Morgan fingerprint density at radius 1 is 1.25 bits per heavy atom. The van der Waals surface area contributed by atoms with Crippen LogP contribution in [0.25, 0.3) is 0 Å². The number of allylic oxidation sites excluding steroid dienone is 1. The van der Waals surface area contributed by atoms with E-state index in [-0.39, 0.29) is 29.9 Å². The molecule has 5 nitrogen and oxygen atoms in total. The fourth-order valence-electron chi connectivity index (χ4n) is 2.39. The lowest BCUT2D eigenvalue weighted by atomic mass is 9.91. The smallest absolute Gasteiger partial charge is 0.272 e. The van der Waals surface area contributed by atoms with Gasteiger partial charge in [0, 0.05) is 6.54 Å². The van der Waals surface area contributed by atoms with Gasteiger partial charge in [-0.1, -0.05) is 52.0 Å². The van der Waals surface area contributed by atoms with Crippen LogP contribution in [0.5, 0.6) is 5.75 Å². The number of hydrogen-bond donors (Lipinski definition) is 2. The van der Waals surface area contributed by atoms with Gasteiger partial charge in [0.1, 0.15) is 18.0 Å². The molecular formula is C20H31F2NO4S. The fraction of sp³-hybridized carbons (Fsp3) is 0.600. The molecule has 1 aromatic carbocycles. The van der Waals surface area contributed by atoms with Crippen LogP contribution < -0.4 is 9.46 Å². The van der Waals surface area contributed by atoms with Crippen LogP contribution in [-0.2, 0) is 15.6 Å². The lowest BCUT2D eigenvalue weighted by molar-refractivity contribution is 0.0374. The molecule has 0 fully saturated rings. The van der Waals surface area contributed by atoms with E-state index in [0.29, 0.717) is 5.56 Å². The summed E-state index contributed by atoms with van der Waals surface area (Å²) >= 11 is 0. The highest BCUT2D eigenvalue weighted by Crippen LogP contribution is 2.28. The van der Waals surface area contributed by atoms with Crippen molar-refractivity contribution in [1.29, 1.82) is 0 Å². The first-order valence-corrected chi connectivity index (χ1v) is 10.9. The summed E-state index contributed by atoms with van der Waals surface area (Å²) in [5, 5.41) is 10.9. The van der Waals surface area contributed by atoms with Crippen molar-refractivity contribution >= 4 is 10.0 Å². The van der Waals surface area contributed by atoms with E-state index < -0.39 is 28.7 Å². The molecule has 1 aromatic rings. The number of alkyl halides is 2. The average molecular weight is 420 g/mol.